The Bertz CT molecular complexity index is 1050. The van der Waals surface area contributed by atoms with Crippen LogP contribution in [0.1, 0.15) is 31.4 Å². The van der Waals surface area contributed by atoms with Crippen LogP contribution < -0.4 is 19.7 Å². The van der Waals surface area contributed by atoms with E-state index >= 15 is 0 Å². The summed E-state index contributed by atoms with van der Waals surface area (Å²) in [6.45, 7) is 4.66. The van der Waals surface area contributed by atoms with Crippen LogP contribution in [0.5, 0.6) is 11.5 Å². The second kappa shape index (κ2) is 8.58. The van der Waals surface area contributed by atoms with Crippen molar-refractivity contribution in [2.24, 2.45) is 5.92 Å². The van der Waals surface area contributed by atoms with Gasteiger partial charge in [0.25, 0.3) is 0 Å². The van der Waals surface area contributed by atoms with Crippen LogP contribution in [0.15, 0.2) is 42.7 Å². The molecule has 9 heteroatoms. The number of piperidine rings is 1. The fourth-order valence-electron chi connectivity index (χ4n) is 4.01. The smallest absolute Gasteiger partial charge is 0.225 e. The van der Waals surface area contributed by atoms with E-state index in [0.717, 1.165) is 46.7 Å². The fourth-order valence-corrected chi connectivity index (χ4v) is 4.86. The molecule has 0 radical (unpaired) electrons. The van der Waals surface area contributed by atoms with E-state index in [1.54, 1.807) is 11.3 Å². The molecule has 1 fully saturated rings. The molecule has 162 valence electrons. The van der Waals surface area contributed by atoms with Crippen LogP contribution in [0.25, 0.3) is 5.13 Å². The Balaban J connectivity index is 1.22. The Morgan fingerprint density at radius 3 is 2.77 bits per heavy atom. The molecule has 1 aromatic carbocycles. The molecule has 31 heavy (non-hydrogen) atoms. The van der Waals surface area contributed by atoms with E-state index in [-0.39, 0.29) is 17.9 Å². The van der Waals surface area contributed by atoms with Crippen LogP contribution in [-0.2, 0) is 4.79 Å². The second-order valence-electron chi connectivity index (χ2n) is 7.88. The maximum atomic E-state index is 13.0. The van der Waals surface area contributed by atoms with Crippen LogP contribution in [0, 0.1) is 5.92 Å². The summed E-state index contributed by atoms with van der Waals surface area (Å²) in [5.74, 6) is 1.49. The van der Waals surface area contributed by atoms with Gasteiger partial charge in [-0.3, -0.25) is 9.36 Å². The third kappa shape index (κ3) is 4.23. The molecule has 2 atom stereocenters. The number of ether oxygens (including phenoxy) is 2. The fraction of sp³-hybridized carbons (Fsp3) is 0.409. The Morgan fingerprint density at radius 1 is 1.16 bits per heavy atom. The van der Waals surface area contributed by atoms with Gasteiger partial charge in [-0.15, -0.1) is 10.2 Å². The number of hydrogen-bond donors (Lipinski definition) is 1. The van der Waals surface area contributed by atoms with E-state index in [1.165, 1.54) is 0 Å². The van der Waals surface area contributed by atoms with Crippen molar-refractivity contribution in [1.29, 1.82) is 0 Å². The van der Waals surface area contributed by atoms with Gasteiger partial charge in [-0.1, -0.05) is 17.4 Å². The van der Waals surface area contributed by atoms with Gasteiger partial charge in [0.05, 0.1) is 12.0 Å². The highest BCUT2D eigenvalue weighted by Crippen LogP contribution is 2.33. The average Bonchev–Trinajstić information content (AvgIpc) is 3.51. The molecule has 3 aromatic rings. The van der Waals surface area contributed by atoms with Gasteiger partial charge in [0, 0.05) is 25.5 Å². The number of rotatable bonds is 5. The molecule has 0 unspecified atom stereocenters. The van der Waals surface area contributed by atoms with Crippen molar-refractivity contribution < 1.29 is 14.3 Å². The number of carbonyl (C=O) groups excluding carboxylic acids is 1. The average molecular weight is 440 g/mol. The minimum atomic E-state index is -0.111. The molecule has 8 nitrogen and oxygen atoms in total. The quantitative estimate of drug-likeness (QED) is 0.658. The van der Waals surface area contributed by atoms with Gasteiger partial charge in [0.15, 0.2) is 11.5 Å². The number of nitrogens with zero attached hydrogens (tertiary/aromatic N) is 4. The lowest BCUT2D eigenvalue weighted by molar-refractivity contribution is -0.125. The van der Waals surface area contributed by atoms with Crippen molar-refractivity contribution in [2.75, 3.05) is 31.2 Å². The van der Waals surface area contributed by atoms with Crippen LogP contribution in [0.4, 0.5) is 5.13 Å². The normalized spacial score (nSPS) is 19.1. The van der Waals surface area contributed by atoms with E-state index in [4.69, 9.17) is 9.47 Å². The highest BCUT2D eigenvalue weighted by atomic mass is 32.1. The molecule has 1 amide bonds. The number of fused-ring (bicyclic) bond motifs is 1. The van der Waals surface area contributed by atoms with E-state index in [0.29, 0.717) is 19.8 Å². The number of nitrogens with one attached hydrogen (secondary N) is 1. The third-order valence-electron chi connectivity index (χ3n) is 5.72. The predicted molar refractivity (Wildman–Crippen MR) is 118 cm³/mol. The lowest BCUT2D eigenvalue weighted by Crippen LogP contribution is -2.43. The minimum absolute atomic E-state index is 0.0715. The summed E-state index contributed by atoms with van der Waals surface area (Å²) >= 11 is 1.54. The van der Waals surface area contributed by atoms with Gasteiger partial charge in [-0.2, -0.15) is 0 Å². The second-order valence-corrected chi connectivity index (χ2v) is 8.81. The number of amides is 1. The standard InChI is InChI=1S/C22H25N5O3S/c1-15(16-6-7-18-19(13-16)30-12-11-29-18)23-20(28)17-5-4-10-27(14-17)22-25-24-21(31-22)26-8-2-3-9-26/h2-3,6-9,13,15,17H,4-5,10-12,14H2,1H3,(H,23,28)/t15-,17+/m1/s1. The molecule has 2 aromatic heterocycles. The Labute approximate surface area is 184 Å². The Kier molecular flexibility index (Phi) is 5.50. The van der Waals surface area contributed by atoms with E-state index in [9.17, 15) is 4.79 Å². The van der Waals surface area contributed by atoms with Crippen LogP contribution >= 0.6 is 11.3 Å². The van der Waals surface area contributed by atoms with Crippen LogP contribution in [0.3, 0.4) is 0 Å². The van der Waals surface area contributed by atoms with Gasteiger partial charge < -0.3 is 19.7 Å². The Hall–Kier alpha value is -3.07. The minimum Gasteiger partial charge on any atom is -0.486 e. The summed E-state index contributed by atoms with van der Waals surface area (Å²) in [7, 11) is 0. The zero-order valence-electron chi connectivity index (χ0n) is 17.4. The first-order valence-corrected chi connectivity index (χ1v) is 11.4. The lowest BCUT2D eigenvalue weighted by Gasteiger charge is -2.32. The van der Waals surface area contributed by atoms with Crippen molar-refractivity contribution in [3.05, 3.63) is 48.3 Å². The third-order valence-corrected chi connectivity index (χ3v) is 6.71. The summed E-state index contributed by atoms with van der Waals surface area (Å²) in [5.41, 5.74) is 1.01. The van der Waals surface area contributed by atoms with E-state index in [2.05, 4.69) is 20.4 Å². The number of anilines is 1. The molecular weight excluding hydrogens is 414 g/mol. The summed E-state index contributed by atoms with van der Waals surface area (Å²) in [6.07, 6.45) is 5.74. The van der Waals surface area contributed by atoms with Gasteiger partial charge in [0.2, 0.25) is 16.2 Å². The molecule has 0 saturated carbocycles. The first-order chi connectivity index (χ1) is 15.2. The van der Waals surface area contributed by atoms with Gasteiger partial charge >= 0.3 is 0 Å². The largest absolute Gasteiger partial charge is 0.486 e. The lowest BCUT2D eigenvalue weighted by atomic mass is 9.96. The summed E-state index contributed by atoms with van der Waals surface area (Å²) < 4.78 is 13.2. The Morgan fingerprint density at radius 2 is 1.94 bits per heavy atom. The zero-order valence-corrected chi connectivity index (χ0v) is 18.2. The summed E-state index contributed by atoms with van der Waals surface area (Å²) in [4.78, 5) is 15.2. The van der Waals surface area contributed by atoms with Crippen molar-refractivity contribution in [3.8, 4) is 16.6 Å². The van der Waals surface area contributed by atoms with Gasteiger partial charge in [-0.25, -0.2) is 0 Å². The molecule has 0 spiro atoms. The highest BCUT2D eigenvalue weighted by Gasteiger charge is 2.29. The highest BCUT2D eigenvalue weighted by molar-refractivity contribution is 7.17. The summed E-state index contributed by atoms with van der Waals surface area (Å²) in [5, 5.41) is 13.5. The van der Waals surface area contributed by atoms with E-state index < -0.39 is 0 Å². The van der Waals surface area contributed by atoms with Crippen LogP contribution in [0.2, 0.25) is 0 Å². The monoisotopic (exact) mass is 439 g/mol. The van der Waals surface area contributed by atoms with Crippen molar-refractivity contribution in [1.82, 2.24) is 20.1 Å². The maximum absolute atomic E-state index is 13.0. The molecule has 5 rings (SSSR count). The molecular formula is C22H25N5O3S. The maximum Gasteiger partial charge on any atom is 0.225 e. The molecule has 0 bridgehead atoms. The number of aromatic nitrogens is 3. The summed E-state index contributed by atoms with van der Waals surface area (Å²) in [6, 6.07) is 9.66. The molecule has 1 N–H and O–H groups in total. The number of carbonyl (C=O) groups is 1. The van der Waals surface area contributed by atoms with Crippen molar-refractivity contribution in [3.63, 3.8) is 0 Å². The first-order valence-electron chi connectivity index (χ1n) is 10.6. The number of benzene rings is 1. The molecule has 1 saturated heterocycles. The van der Waals surface area contributed by atoms with Gasteiger partial charge in [-0.05, 0) is 49.6 Å². The van der Waals surface area contributed by atoms with Crippen LogP contribution in [-0.4, -0.2) is 47.0 Å². The first kappa shape index (κ1) is 19.9. The molecule has 2 aliphatic heterocycles. The molecule has 0 aliphatic carbocycles. The van der Waals surface area contributed by atoms with Crippen molar-refractivity contribution in [2.45, 2.75) is 25.8 Å². The van der Waals surface area contributed by atoms with E-state index in [1.807, 2.05) is 54.2 Å². The van der Waals surface area contributed by atoms with Crippen molar-refractivity contribution >= 4 is 22.4 Å². The van der Waals surface area contributed by atoms with Gasteiger partial charge in [0.1, 0.15) is 13.2 Å². The number of hydrogen-bond acceptors (Lipinski definition) is 7. The zero-order chi connectivity index (χ0) is 21.2. The molecule has 4 heterocycles. The SMILES string of the molecule is C[C@@H](NC(=O)[C@H]1CCCN(c2nnc(-n3cccc3)s2)C1)c1ccc2c(c1)OCCO2. The molecule has 2 aliphatic rings. The topological polar surface area (TPSA) is 81.5 Å². The predicted octanol–water partition coefficient (Wildman–Crippen LogP) is 3.19.